The van der Waals surface area contributed by atoms with Crippen LogP contribution in [-0.4, -0.2) is 49.8 Å². The Balaban J connectivity index is 1.72. The fourth-order valence-electron chi connectivity index (χ4n) is 3.29. The van der Waals surface area contributed by atoms with Crippen LogP contribution < -0.4 is 0 Å². The van der Waals surface area contributed by atoms with E-state index < -0.39 is 10.0 Å². The van der Waals surface area contributed by atoms with Crippen molar-refractivity contribution >= 4 is 26.0 Å². The Morgan fingerprint density at radius 1 is 1.10 bits per heavy atom. The number of hydrogen-bond donors (Lipinski definition) is 0. The highest BCUT2D eigenvalue weighted by Crippen LogP contribution is 2.26. The third kappa shape index (κ3) is 3.33. The third-order valence-electron chi connectivity index (χ3n) is 4.47. The molecule has 0 aliphatic carbocycles. The molecule has 6 heteroatoms. The third-order valence-corrected chi connectivity index (χ3v) is 6.82. The SMILES string of the molecule is O=S(=O)(c1cccc(Br)c1)N1CCC(N2CCCCC2)C1. The number of nitrogens with zero attached hydrogens (tertiary/aromatic N) is 2. The average Bonchev–Trinajstić information content (AvgIpc) is 2.99. The van der Waals surface area contributed by atoms with Gasteiger partial charge in [0.05, 0.1) is 4.90 Å². The van der Waals surface area contributed by atoms with Gasteiger partial charge in [0.15, 0.2) is 0 Å². The molecule has 21 heavy (non-hydrogen) atoms. The van der Waals surface area contributed by atoms with Crippen LogP contribution in [0.5, 0.6) is 0 Å². The lowest BCUT2D eigenvalue weighted by Crippen LogP contribution is -2.41. The number of benzene rings is 1. The van der Waals surface area contributed by atoms with Gasteiger partial charge in [-0.05, 0) is 50.6 Å². The molecule has 0 aromatic heterocycles. The zero-order chi connectivity index (χ0) is 14.9. The van der Waals surface area contributed by atoms with E-state index in [-0.39, 0.29) is 0 Å². The van der Waals surface area contributed by atoms with E-state index in [2.05, 4.69) is 20.8 Å². The molecule has 116 valence electrons. The van der Waals surface area contributed by atoms with Crippen molar-refractivity contribution in [2.24, 2.45) is 0 Å². The van der Waals surface area contributed by atoms with E-state index in [1.54, 1.807) is 22.5 Å². The number of rotatable bonds is 3. The van der Waals surface area contributed by atoms with Crippen molar-refractivity contribution < 1.29 is 8.42 Å². The first-order chi connectivity index (χ1) is 10.1. The summed E-state index contributed by atoms with van der Waals surface area (Å²) in [5.74, 6) is 0. The van der Waals surface area contributed by atoms with Gasteiger partial charge < -0.3 is 0 Å². The summed E-state index contributed by atoms with van der Waals surface area (Å²) in [5, 5.41) is 0. The molecule has 2 saturated heterocycles. The molecule has 0 bridgehead atoms. The molecule has 2 heterocycles. The van der Waals surface area contributed by atoms with E-state index in [4.69, 9.17) is 0 Å². The molecule has 0 N–H and O–H groups in total. The highest BCUT2D eigenvalue weighted by atomic mass is 79.9. The molecule has 1 unspecified atom stereocenters. The second-order valence-electron chi connectivity index (χ2n) is 5.86. The molecule has 0 saturated carbocycles. The lowest BCUT2D eigenvalue weighted by atomic mass is 10.1. The van der Waals surface area contributed by atoms with Crippen LogP contribution in [0.3, 0.4) is 0 Å². The summed E-state index contributed by atoms with van der Waals surface area (Å²) in [6.45, 7) is 3.51. The van der Waals surface area contributed by atoms with Gasteiger partial charge in [0.25, 0.3) is 0 Å². The minimum Gasteiger partial charge on any atom is -0.299 e. The average molecular weight is 373 g/mol. The van der Waals surface area contributed by atoms with Crippen LogP contribution in [0.25, 0.3) is 0 Å². The molecule has 1 aromatic rings. The van der Waals surface area contributed by atoms with E-state index in [9.17, 15) is 8.42 Å². The van der Waals surface area contributed by atoms with Crippen LogP contribution >= 0.6 is 15.9 Å². The molecule has 3 rings (SSSR count). The predicted octanol–water partition coefficient (Wildman–Crippen LogP) is 2.70. The highest BCUT2D eigenvalue weighted by molar-refractivity contribution is 9.10. The number of likely N-dealkylation sites (tertiary alicyclic amines) is 1. The molecule has 1 atom stereocenters. The first kappa shape index (κ1) is 15.5. The van der Waals surface area contributed by atoms with Crippen molar-refractivity contribution in [2.45, 2.75) is 36.6 Å². The Labute approximate surface area is 135 Å². The maximum absolute atomic E-state index is 12.7. The number of sulfonamides is 1. The van der Waals surface area contributed by atoms with Crippen molar-refractivity contribution in [3.63, 3.8) is 0 Å². The second-order valence-corrected chi connectivity index (χ2v) is 8.71. The van der Waals surface area contributed by atoms with Crippen molar-refractivity contribution in [1.29, 1.82) is 0 Å². The van der Waals surface area contributed by atoms with Gasteiger partial charge >= 0.3 is 0 Å². The first-order valence-corrected chi connectivity index (χ1v) is 9.80. The molecule has 2 aliphatic heterocycles. The molecular weight excluding hydrogens is 352 g/mol. The molecule has 4 nitrogen and oxygen atoms in total. The van der Waals surface area contributed by atoms with E-state index in [0.29, 0.717) is 24.0 Å². The maximum Gasteiger partial charge on any atom is 0.243 e. The van der Waals surface area contributed by atoms with Crippen LogP contribution in [0.1, 0.15) is 25.7 Å². The van der Waals surface area contributed by atoms with Gasteiger partial charge in [-0.25, -0.2) is 8.42 Å². The van der Waals surface area contributed by atoms with Crippen LogP contribution in [-0.2, 0) is 10.0 Å². The van der Waals surface area contributed by atoms with Crippen molar-refractivity contribution in [2.75, 3.05) is 26.2 Å². The molecule has 0 radical (unpaired) electrons. The molecule has 1 aromatic carbocycles. The Kier molecular flexibility index (Phi) is 4.69. The standard InChI is InChI=1S/C15H21BrN2O2S/c16-13-5-4-6-15(11-13)21(19,20)18-10-7-14(12-18)17-8-2-1-3-9-17/h4-6,11,14H,1-3,7-10,12H2. The van der Waals surface area contributed by atoms with Gasteiger partial charge in [-0.2, -0.15) is 4.31 Å². The molecule has 2 fully saturated rings. The fraction of sp³-hybridized carbons (Fsp3) is 0.600. The van der Waals surface area contributed by atoms with Crippen LogP contribution in [0.4, 0.5) is 0 Å². The van der Waals surface area contributed by atoms with Gasteiger partial charge in [-0.1, -0.05) is 28.4 Å². The topological polar surface area (TPSA) is 40.6 Å². The zero-order valence-electron chi connectivity index (χ0n) is 12.0. The van der Waals surface area contributed by atoms with E-state index >= 15 is 0 Å². The smallest absolute Gasteiger partial charge is 0.243 e. The Morgan fingerprint density at radius 3 is 2.57 bits per heavy atom. The molecule has 0 spiro atoms. The van der Waals surface area contributed by atoms with Crippen molar-refractivity contribution in [3.05, 3.63) is 28.7 Å². The fourth-order valence-corrected chi connectivity index (χ4v) is 5.38. The van der Waals surface area contributed by atoms with Gasteiger partial charge in [-0.3, -0.25) is 4.90 Å². The maximum atomic E-state index is 12.7. The van der Waals surface area contributed by atoms with E-state index in [0.717, 1.165) is 24.0 Å². The van der Waals surface area contributed by atoms with E-state index in [1.807, 2.05) is 6.07 Å². The normalized spacial score (nSPS) is 25.3. The Hall–Kier alpha value is -0.430. The summed E-state index contributed by atoms with van der Waals surface area (Å²) in [6, 6.07) is 7.37. The zero-order valence-corrected chi connectivity index (χ0v) is 14.4. The lowest BCUT2D eigenvalue weighted by molar-refractivity contribution is 0.169. The largest absolute Gasteiger partial charge is 0.299 e. The number of hydrogen-bond acceptors (Lipinski definition) is 3. The van der Waals surface area contributed by atoms with Gasteiger partial charge in [0.2, 0.25) is 10.0 Å². The molecule has 2 aliphatic rings. The summed E-state index contributed by atoms with van der Waals surface area (Å²) in [7, 11) is -3.36. The Bertz CT molecular complexity index is 599. The summed E-state index contributed by atoms with van der Waals surface area (Å²) >= 11 is 3.35. The highest BCUT2D eigenvalue weighted by Gasteiger charge is 2.35. The van der Waals surface area contributed by atoms with Crippen LogP contribution in [0, 0.1) is 0 Å². The predicted molar refractivity (Wildman–Crippen MR) is 86.7 cm³/mol. The summed E-state index contributed by atoms with van der Waals surface area (Å²) < 4.78 is 27.9. The minimum atomic E-state index is -3.36. The number of piperidine rings is 1. The molecular formula is C15H21BrN2O2S. The van der Waals surface area contributed by atoms with Gasteiger partial charge in [0, 0.05) is 23.6 Å². The first-order valence-electron chi connectivity index (χ1n) is 7.57. The summed E-state index contributed by atoms with van der Waals surface area (Å²) in [4.78, 5) is 2.86. The second kappa shape index (κ2) is 6.36. The van der Waals surface area contributed by atoms with Crippen molar-refractivity contribution in [1.82, 2.24) is 9.21 Å². The van der Waals surface area contributed by atoms with Gasteiger partial charge in [-0.15, -0.1) is 0 Å². The monoisotopic (exact) mass is 372 g/mol. The van der Waals surface area contributed by atoms with E-state index in [1.165, 1.54) is 19.3 Å². The number of halogens is 1. The molecule has 0 amide bonds. The van der Waals surface area contributed by atoms with Crippen LogP contribution in [0.2, 0.25) is 0 Å². The quantitative estimate of drug-likeness (QED) is 0.818. The van der Waals surface area contributed by atoms with Crippen LogP contribution in [0.15, 0.2) is 33.6 Å². The minimum absolute atomic E-state index is 0.385. The lowest BCUT2D eigenvalue weighted by Gasteiger charge is -2.32. The van der Waals surface area contributed by atoms with Crippen molar-refractivity contribution in [3.8, 4) is 0 Å². The summed E-state index contributed by atoms with van der Waals surface area (Å²) in [6.07, 6.45) is 4.75. The van der Waals surface area contributed by atoms with Gasteiger partial charge in [0.1, 0.15) is 0 Å². The summed E-state index contributed by atoms with van der Waals surface area (Å²) in [5.41, 5.74) is 0. The Morgan fingerprint density at radius 2 is 1.86 bits per heavy atom.